The number of benzene rings is 1. The Bertz CT molecular complexity index is 540. The zero-order valence-corrected chi connectivity index (χ0v) is 10.0. The smallest absolute Gasteiger partial charge is 0.123 e. The molecule has 0 atom stereocenters. The molecule has 1 heterocycles. The van der Waals surface area contributed by atoms with Crippen LogP contribution in [0.3, 0.4) is 0 Å². The van der Waals surface area contributed by atoms with Gasteiger partial charge >= 0.3 is 0 Å². The molecule has 2 aromatic rings. The molecular formula is C12H11BrFN. The molecule has 0 N–H and O–H groups in total. The van der Waals surface area contributed by atoms with Crippen molar-refractivity contribution in [1.29, 1.82) is 0 Å². The van der Waals surface area contributed by atoms with Crippen molar-refractivity contribution < 1.29 is 4.39 Å². The van der Waals surface area contributed by atoms with Crippen molar-refractivity contribution in [3.8, 4) is 0 Å². The molecule has 3 rings (SSSR count). The van der Waals surface area contributed by atoms with Gasteiger partial charge in [-0.15, -0.1) is 0 Å². The third kappa shape index (κ3) is 1.33. The molecule has 1 aromatic heterocycles. The standard InChI is InChI=1S/C12H11BrFN/c1-7-10-6-8(14)2-5-11(10)15(12(7)13)9-3-4-9/h2,5-6,9H,3-4H2,1H3. The van der Waals surface area contributed by atoms with Gasteiger partial charge in [-0.05, 0) is 59.5 Å². The molecule has 1 fully saturated rings. The highest BCUT2D eigenvalue weighted by Crippen LogP contribution is 2.43. The fraction of sp³-hybridized carbons (Fsp3) is 0.333. The third-order valence-electron chi connectivity index (χ3n) is 3.06. The Morgan fingerprint density at radius 2 is 2.13 bits per heavy atom. The highest BCUT2D eigenvalue weighted by molar-refractivity contribution is 9.10. The van der Waals surface area contributed by atoms with Gasteiger partial charge < -0.3 is 4.57 Å². The molecule has 0 bridgehead atoms. The summed E-state index contributed by atoms with van der Waals surface area (Å²) in [4.78, 5) is 0. The number of nitrogens with zero attached hydrogens (tertiary/aromatic N) is 1. The van der Waals surface area contributed by atoms with Crippen molar-refractivity contribution in [3.05, 3.63) is 34.2 Å². The molecule has 0 unspecified atom stereocenters. The van der Waals surface area contributed by atoms with E-state index in [0.29, 0.717) is 6.04 Å². The summed E-state index contributed by atoms with van der Waals surface area (Å²) < 4.78 is 16.5. The minimum Gasteiger partial charge on any atom is -0.332 e. The summed E-state index contributed by atoms with van der Waals surface area (Å²) in [5, 5.41) is 1.02. The van der Waals surface area contributed by atoms with E-state index in [1.807, 2.05) is 13.0 Å². The highest BCUT2D eigenvalue weighted by Gasteiger charge is 2.28. The van der Waals surface area contributed by atoms with E-state index in [9.17, 15) is 4.39 Å². The van der Waals surface area contributed by atoms with Crippen LogP contribution in [-0.4, -0.2) is 4.57 Å². The largest absolute Gasteiger partial charge is 0.332 e. The van der Waals surface area contributed by atoms with Crippen LogP contribution in [0.25, 0.3) is 10.9 Å². The van der Waals surface area contributed by atoms with Crippen LogP contribution < -0.4 is 0 Å². The minimum atomic E-state index is -0.161. The molecular weight excluding hydrogens is 257 g/mol. The van der Waals surface area contributed by atoms with Crippen molar-refractivity contribution in [1.82, 2.24) is 4.57 Å². The van der Waals surface area contributed by atoms with Crippen molar-refractivity contribution in [2.75, 3.05) is 0 Å². The maximum Gasteiger partial charge on any atom is 0.123 e. The molecule has 15 heavy (non-hydrogen) atoms. The first-order chi connectivity index (χ1) is 7.18. The van der Waals surface area contributed by atoms with Crippen LogP contribution >= 0.6 is 15.9 Å². The summed E-state index contributed by atoms with van der Waals surface area (Å²) in [6.45, 7) is 2.03. The summed E-state index contributed by atoms with van der Waals surface area (Å²) in [7, 11) is 0. The molecule has 3 heteroatoms. The second-order valence-electron chi connectivity index (χ2n) is 4.18. The molecule has 0 amide bonds. The maximum atomic E-state index is 13.1. The molecule has 1 aliphatic carbocycles. The lowest BCUT2D eigenvalue weighted by atomic mass is 10.2. The van der Waals surface area contributed by atoms with Crippen LogP contribution in [-0.2, 0) is 0 Å². The predicted molar refractivity (Wildman–Crippen MR) is 62.6 cm³/mol. The SMILES string of the molecule is Cc1c(Br)n(C2CC2)c2ccc(F)cc12. The molecule has 1 aliphatic rings. The molecule has 1 nitrogen and oxygen atoms in total. The van der Waals surface area contributed by atoms with Gasteiger partial charge in [-0.2, -0.15) is 0 Å². The Balaban J connectivity index is 2.38. The monoisotopic (exact) mass is 267 g/mol. The number of rotatable bonds is 1. The van der Waals surface area contributed by atoms with Gasteiger partial charge in [-0.1, -0.05) is 0 Å². The Morgan fingerprint density at radius 1 is 1.40 bits per heavy atom. The van der Waals surface area contributed by atoms with Gasteiger partial charge in [0.1, 0.15) is 5.82 Å². The zero-order valence-electron chi connectivity index (χ0n) is 8.43. The highest BCUT2D eigenvalue weighted by atomic mass is 79.9. The summed E-state index contributed by atoms with van der Waals surface area (Å²) in [5.41, 5.74) is 2.28. The number of halogens is 2. The Morgan fingerprint density at radius 3 is 2.80 bits per heavy atom. The quantitative estimate of drug-likeness (QED) is 0.731. The molecule has 1 saturated carbocycles. The lowest BCUT2D eigenvalue weighted by Crippen LogP contribution is -1.93. The number of aryl methyl sites for hydroxylation is 1. The minimum absolute atomic E-state index is 0.161. The molecule has 0 saturated heterocycles. The second-order valence-corrected chi connectivity index (χ2v) is 4.93. The lowest BCUT2D eigenvalue weighted by molar-refractivity contribution is 0.629. The lowest BCUT2D eigenvalue weighted by Gasteiger charge is -2.04. The van der Waals surface area contributed by atoms with Crippen molar-refractivity contribution in [2.45, 2.75) is 25.8 Å². The molecule has 78 valence electrons. The number of hydrogen-bond donors (Lipinski definition) is 0. The molecule has 0 aliphatic heterocycles. The van der Waals surface area contributed by atoms with Crippen molar-refractivity contribution >= 4 is 26.8 Å². The zero-order chi connectivity index (χ0) is 10.6. The topological polar surface area (TPSA) is 4.93 Å². The van der Waals surface area contributed by atoms with Gasteiger partial charge in [0.15, 0.2) is 0 Å². The first kappa shape index (κ1) is 9.40. The first-order valence-electron chi connectivity index (χ1n) is 5.14. The molecule has 0 spiro atoms. The van der Waals surface area contributed by atoms with Gasteiger partial charge in [0.05, 0.1) is 4.60 Å². The molecule has 0 radical (unpaired) electrons. The summed E-state index contributed by atoms with van der Waals surface area (Å²) >= 11 is 3.60. The maximum absolute atomic E-state index is 13.1. The Hall–Kier alpha value is -0.830. The summed E-state index contributed by atoms with van der Waals surface area (Å²) in [6, 6.07) is 5.64. The van der Waals surface area contributed by atoms with E-state index in [2.05, 4.69) is 20.5 Å². The average Bonchev–Trinajstić information content (AvgIpc) is 3.00. The Labute approximate surface area is 96.0 Å². The van der Waals surface area contributed by atoms with E-state index in [1.165, 1.54) is 18.9 Å². The van der Waals surface area contributed by atoms with E-state index in [-0.39, 0.29) is 5.82 Å². The normalized spacial score (nSPS) is 16.2. The van der Waals surface area contributed by atoms with Crippen LogP contribution in [0.1, 0.15) is 24.4 Å². The van der Waals surface area contributed by atoms with E-state index in [4.69, 9.17) is 0 Å². The fourth-order valence-electron chi connectivity index (χ4n) is 2.11. The van der Waals surface area contributed by atoms with E-state index >= 15 is 0 Å². The van der Waals surface area contributed by atoms with Crippen molar-refractivity contribution in [3.63, 3.8) is 0 Å². The number of aromatic nitrogens is 1. The number of hydrogen-bond acceptors (Lipinski definition) is 0. The molecule has 1 aromatic carbocycles. The van der Waals surface area contributed by atoms with Gasteiger partial charge in [-0.3, -0.25) is 0 Å². The number of fused-ring (bicyclic) bond motifs is 1. The van der Waals surface area contributed by atoms with Crippen LogP contribution in [0.5, 0.6) is 0 Å². The fourth-order valence-corrected chi connectivity index (χ4v) is 2.80. The average molecular weight is 268 g/mol. The predicted octanol–water partition coefficient (Wildman–Crippen LogP) is 4.19. The van der Waals surface area contributed by atoms with Gasteiger partial charge in [-0.25, -0.2) is 4.39 Å². The van der Waals surface area contributed by atoms with Crippen LogP contribution in [0.4, 0.5) is 4.39 Å². The summed E-state index contributed by atoms with van der Waals surface area (Å²) in [5.74, 6) is -0.161. The Kier molecular flexibility index (Phi) is 1.93. The van der Waals surface area contributed by atoms with Gasteiger partial charge in [0.2, 0.25) is 0 Å². The van der Waals surface area contributed by atoms with Crippen LogP contribution in [0.15, 0.2) is 22.8 Å². The van der Waals surface area contributed by atoms with Gasteiger partial charge in [0, 0.05) is 16.9 Å². The third-order valence-corrected chi connectivity index (χ3v) is 4.03. The van der Waals surface area contributed by atoms with E-state index in [1.54, 1.807) is 6.07 Å². The summed E-state index contributed by atoms with van der Waals surface area (Å²) in [6.07, 6.45) is 2.47. The first-order valence-corrected chi connectivity index (χ1v) is 5.93. The van der Waals surface area contributed by atoms with Crippen LogP contribution in [0, 0.1) is 12.7 Å². The second kappa shape index (κ2) is 3.08. The van der Waals surface area contributed by atoms with Gasteiger partial charge in [0.25, 0.3) is 0 Å². The van der Waals surface area contributed by atoms with E-state index < -0.39 is 0 Å². The van der Waals surface area contributed by atoms with Crippen LogP contribution in [0.2, 0.25) is 0 Å². The van der Waals surface area contributed by atoms with Crippen molar-refractivity contribution in [2.24, 2.45) is 0 Å². The van der Waals surface area contributed by atoms with E-state index in [0.717, 1.165) is 21.1 Å².